The van der Waals surface area contributed by atoms with Crippen LogP contribution in [0.2, 0.25) is 0 Å². The fourth-order valence-electron chi connectivity index (χ4n) is 0.0289. The van der Waals surface area contributed by atoms with Crippen molar-refractivity contribution in [2.45, 2.75) is 0 Å². The number of hydrogen-bond acceptors (Lipinski definition) is 2. The van der Waals surface area contributed by atoms with Crippen LogP contribution in [-0.2, 0) is 20.1 Å². The summed E-state index contributed by atoms with van der Waals surface area (Å²) in [4.78, 5) is 0. The first-order valence-electron chi connectivity index (χ1n) is 1.02. The first-order chi connectivity index (χ1) is 2.41. The van der Waals surface area contributed by atoms with Crippen molar-refractivity contribution in [2.75, 3.05) is 0 Å². The Hall–Kier alpha value is -0.501. The van der Waals surface area contributed by atoms with Crippen LogP contribution in [0.5, 0.6) is 0 Å². The van der Waals surface area contributed by atoms with Gasteiger partial charge in [0.15, 0.2) is 0 Å². The van der Waals surface area contributed by atoms with Crippen molar-refractivity contribution < 1.29 is 20.1 Å². The summed E-state index contributed by atoms with van der Waals surface area (Å²) in [5.74, 6) is 0. The summed E-state index contributed by atoms with van der Waals surface area (Å²) in [6.07, 6.45) is 0.861. The standard InChI is InChI=1S/C3HN2.Ir/c4-2-1-3-5;/h1H;/q-1;. The molecule has 0 N–H and O–H groups in total. The molecule has 0 unspecified atom stereocenters. The molecular formula is C3HIrN2-. The Balaban J connectivity index is 0. The molecule has 0 aliphatic rings. The molecule has 0 aliphatic heterocycles. The van der Waals surface area contributed by atoms with Gasteiger partial charge in [0.05, 0.1) is 0 Å². The number of nitriles is 2. The van der Waals surface area contributed by atoms with E-state index in [2.05, 4.69) is 0 Å². The predicted octanol–water partition coefficient (Wildman–Crippen LogP) is 0.235. The maximum Gasteiger partial charge on any atom is 0 e. The molecule has 0 fully saturated rings. The maximum absolute atomic E-state index is 7.54. The van der Waals surface area contributed by atoms with Gasteiger partial charge in [-0.1, -0.05) is 12.1 Å². The van der Waals surface area contributed by atoms with Gasteiger partial charge in [-0.2, -0.15) is 6.42 Å². The number of nitrogens with zero attached hydrogens (tertiary/aromatic N) is 2. The van der Waals surface area contributed by atoms with Gasteiger partial charge in [0.25, 0.3) is 0 Å². The van der Waals surface area contributed by atoms with Crippen LogP contribution in [0, 0.1) is 29.1 Å². The maximum atomic E-state index is 7.54. The van der Waals surface area contributed by atoms with Gasteiger partial charge in [-0.15, -0.1) is 0 Å². The van der Waals surface area contributed by atoms with E-state index in [-0.39, 0.29) is 20.1 Å². The summed E-state index contributed by atoms with van der Waals surface area (Å²) in [6.45, 7) is 0. The van der Waals surface area contributed by atoms with Crippen molar-refractivity contribution >= 4 is 0 Å². The van der Waals surface area contributed by atoms with Gasteiger partial charge in [-0.3, -0.25) is 0 Å². The molecule has 0 aromatic heterocycles. The van der Waals surface area contributed by atoms with Crippen LogP contribution in [-0.4, -0.2) is 0 Å². The number of hydrogen-bond donors (Lipinski definition) is 0. The van der Waals surface area contributed by atoms with E-state index in [1.165, 1.54) is 12.1 Å². The Morgan fingerprint density at radius 2 is 1.50 bits per heavy atom. The number of rotatable bonds is 0. The van der Waals surface area contributed by atoms with Gasteiger partial charge in [-0.05, 0) is 0 Å². The van der Waals surface area contributed by atoms with Crippen molar-refractivity contribution in [1.82, 2.24) is 0 Å². The molecule has 0 heterocycles. The van der Waals surface area contributed by atoms with E-state index in [9.17, 15) is 0 Å². The molecule has 0 spiro atoms. The minimum absolute atomic E-state index is 0. The molecule has 0 amide bonds. The third kappa shape index (κ3) is 9.72. The van der Waals surface area contributed by atoms with Crippen LogP contribution < -0.4 is 0 Å². The molecule has 0 saturated carbocycles. The average Bonchev–Trinajstić information content (AvgIpc) is 1.41. The predicted molar refractivity (Wildman–Crippen MR) is 15.5 cm³/mol. The molecule has 0 aliphatic carbocycles. The Morgan fingerprint density at radius 1 is 1.17 bits per heavy atom. The topological polar surface area (TPSA) is 47.6 Å². The van der Waals surface area contributed by atoms with Crippen LogP contribution in [0.4, 0.5) is 0 Å². The van der Waals surface area contributed by atoms with Crippen LogP contribution >= 0.6 is 0 Å². The zero-order chi connectivity index (χ0) is 4.12. The zero-order valence-corrected chi connectivity index (χ0v) is 5.20. The third-order valence-corrected chi connectivity index (χ3v) is 0.129. The molecule has 0 aromatic rings. The van der Waals surface area contributed by atoms with Gasteiger partial charge in [0, 0.05) is 20.1 Å². The van der Waals surface area contributed by atoms with E-state index < -0.39 is 0 Å². The quantitative estimate of drug-likeness (QED) is 0.583. The van der Waals surface area contributed by atoms with E-state index in [1.807, 2.05) is 0 Å². The second kappa shape index (κ2) is 8.82. The summed E-state index contributed by atoms with van der Waals surface area (Å²) in [7, 11) is 0. The molecule has 3 heteroatoms. The summed E-state index contributed by atoms with van der Waals surface area (Å²) >= 11 is 0. The largest absolute Gasteiger partial charge is 0.233 e. The molecule has 0 bridgehead atoms. The van der Waals surface area contributed by atoms with E-state index in [0.717, 1.165) is 6.42 Å². The van der Waals surface area contributed by atoms with Gasteiger partial charge >= 0.3 is 0 Å². The average molecular weight is 257 g/mol. The minimum Gasteiger partial charge on any atom is -0.233 e. The summed E-state index contributed by atoms with van der Waals surface area (Å²) in [6, 6.07) is 3.06. The second-order valence-corrected chi connectivity index (χ2v) is 0.403. The summed E-state index contributed by atoms with van der Waals surface area (Å²) in [5, 5.41) is 15.1. The SMILES string of the molecule is N#C[CH-]C#N.[Ir]. The van der Waals surface area contributed by atoms with Crippen molar-refractivity contribution in [2.24, 2.45) is 0 Å². The first kappa shape index (κ1) is 9.09. The van der Waals surface area contributed by atoms with Gasteiger partial charge in [0.2, 0.25) is 0 Å². The molecule has 1 radical (unpaired) electrons. The van der Waals surface area contributed by atoms with Crippen LogP contribution in [0.1, 0.15) is 0 Å². The van der Waals surface area contributed by atoms with Crippen LogP contribution in [0.15, 0.2) is 0 Å². The van der Waals surface area contributed by atoms with Crippen molar-refractivity contribution in [1.29, 1.82) is 10.5 Å². The van der Waals surface area contributed by atoms with E-state index in [1.54, 1.807) is 0 Å². The second-order valence-electron chi connectivity index (χ2n) is 0.403. The fourth-order valence-corrected chi connectivity index (χ4v) is 0.0289. The normalized spacial score (nSPS) is 3.00. The zero-order valence-electron chi connectivity index (χ0n) is 2.81. The smallest absolute Gasteiger partial charge is 0 e. The molecule has 0 atom stereocenters. The van der Waals surface area contributed by atoms with Gasteiger partial charge < -0.3 is 0 Å². The molecule has 0 rings (SSSR count). The molecule has 6 heavy (non-hydrogen) atoms. The monoisotopic (exact) mass is 258 g/mol. The summed E-state index contributed by atoms with van der Waals surface area (Å²) < 4.78 is 0. The van der Waals surface area contributed by atoms with Gasteiger partial charge in [0.1, 0.15) is 0 Å². The molecular weight excluding hydrogens is 256 g/mol. The van der Waals surface area contributed by atoms with Gasteiger partial charge in [-0.25, -0.2) is 10.5 Å². The third-order valence-electron chi connectivity index (χ3n) is 0.129. The summed E-state index contributed by atoms with van der Waals surface area (Å²) in [5.41, 5.74) is 0. The van der Waals surface area contributed by atoms with E-state index in [4.69, 9.17) is 10.5 Å². The van der Waals surface area contributed by atoms with E-state index in [0.29, 0.717) is 0 Å². The Kier molecular flexibility index (Phi) is 13.4. The van der Waals surface area contributed by atoms with Crippen LogP contribution in [0.25, 0.3) is 0 Å². The first-order valence-corrected chi connectivity index (χ1v) is 1.02. The fraction of sp³-hybridized carbons (Fsp3) is 0. The van der Waals surface area contributed by atoms with Crippen molar-refractivity contribution in [3.05, 3.63) is 6.42 Å². The van der Waals surface area contributed by atoms with E-state index >= 15 is 0 Å². The van der Waals surface area contributed by atoms with Crippen molar-refractivity contribution in [3.63, 3.8) is 0 Å². The molecule has 0 saturated heterocycles. The Morgan fingerprint density at radius 3 is 1.50 bits per heavy atom. The molecule has 2 nitrogen and oxygen atoms in total. The molecule has 0 aromatic carbocycles. The molecule has 33 valence electrons. The Labute approximate surface area is 49.7 Å². The Bertz CT molecular complexity index is 73.9. The minimum atomic E-state index is 0. The van der Waals surface area contributed by atoms with Crippen LogP contribution in [0.3, 0.4) is 0 Å². The van der Waals surface area contributed by atoms with Crippen molar-refractivity contribution in [3.8, 4) is 12.1 Å².